The lowest BCUT2D eigenvalue weighted by Crippen LogP contribution is -2.15. The number of nitrogens with one attached hydrogen (secondary N) is 1. The van der Waals surface area contributed by atoms with Gasteiger partial charge in [-0.25, -0.2) is 8.78 Å². The molecule has 6 heteroatoms. The van der Waals surface area contributed by atoms with E-state index in [-0.39, 0.29) is 29.0 Å². The van der Waals surface area contributed by atoms with Crippen molar-refractivity contribution in [2.75, 3.05) is 5.32 Å². The molecule has 0 aliphatic rings. The number of rotatable bonds is 5. The van der Waals surface area contributed by atoms with Gasteiger partial charge in [-0.3, -0.25) is 9.48 Å². The van der Waals surface area contributed by atoms with Crippen LogP contribution in [0.1, 0.15) is 44.0 Å². The van der Waals surface area contributed by atoms with Crippen LogP contribution in [0.25, 0.3) is 11.1 Å². The Bertz CT molecular complexity index is 1130. The number of aryl methyl sites for hydroxylation is 1. The molecule has 1 amide bonds. The topological polar surface area (TPSA) is 46.9 Å². The standard InChI is InChI=1S/C25H25F2N3O/c1-25(2,3)14-13-17-9-11-18(12-10-17)20-7-5-6-8-21(20)28-22(31)15-19-16-30(4)29-23(19)24(26)27/h5-12,16,24H,15H2,1-4H3,(H,28,31). The molecule has 0 aliphatic heterocycles. The molecule has 0 saturated heterocycles. The summed E-state index contributed by atoms with van der Waals surface area (Å²) in [5, 5.41) is 6.59. The number of amides is 1. The Morgan fingerprint density at radius 2 is 1.81 bits per heavy atom. The van der Waals surface area contributed by atoms with Crippen LogP contribution in [0.3, 0.4) is 0 Å². The van der Waals surface area contributed by atoms with E-state index in [9.17, 15) is 13.6 Å². The van der Waals surface area contributed by atoms with Crippen LogP contribution < -0.4 is 5.32 Å². The van der Waals surface area contributed by atoms with Crippen LogP contribution in [0.5, 0.6) is 0 Å². The van der Waals surface area contributed by atoms with Gasteiger partial charge in [0.25, 0.3) is 6.43 Å². The molecule has 0 atom stereocenters. The van der Waals surface area contributed by atoms with Gasteiger partial charge < -0.3 is 5.32 Å². The first-order chi connectivity index (χ1) is 14.6. The normalized spacial score (nSPS) is 11.2. The first kappa shape index (κ1) is 22.2. The molecule has 160 valence electrons. The number of halogens is 2. The van der Waals surface area contributed by atoms with Crippen molar-refractivity contribution < 1.29 is 13.6 Å². The fraction of sp³-hybridized carbons (Fsp3) is 0.280. The zero-order chi connectivity index (χ0) is 22.6. The molecule has 0 saturated carbocycles. The summed E-state index contributed by atoms with van der Waals surface area (Å²) in [6, 6.07) is 15.2. The summed E-state index contributed by atoms with van der Waals surface area (Å²) in [7, 11) is 1.55. The Morgan fingerprint density at radius 1 is 1.13 bits per heavy atom. The van der Waals surface area contributed by atoms with Gasteiger partial charge in [-0.1, -0.05) is 42.2 Å². The zero-order valence-corrected chi connectivity index (χ0v) is 18.0. The summed E-state index contributed by atoms with van der Waals surface area (Å²) in [4.78, 5) is 12.6. The van der Waals surface area contributed by atoms with Crippen LogP contribution in [0.2, 0.25) is 0 Å². The van der Waals surface area contributed by atoms with Crippen LogP contribution in [0.4, 0.5) is 14.5 Å². The molecule has 4 nitrogen and oxygen atoms in total. The maximum absolute atomic E-state index is 13.1. The number of nitrogens with zero attached hydrogens (tertiary/aromatic N) is 2. The summed E-state index contributed by atoms with van der Waals surface area (Å²) >= 11 is 0. The molecule has 0 unspecified atom stereocenters. The SMILES string of the molecule is Cn1cc(CC(=O)Nc2ccccc2-c2ccc(C#CC(C)(C)C)cc2)c(C(F)F)n1. The van der Waals surface area contributed by atoms with E-state index in [4.69, 9.17) is 0 Å². The van der Waals surface area contributed by atoms with Crippen LogP contribution in [0.15, 0.2) is 54.7 Å². The Balaban J connectivity index is 1.79. The number of aromatic nitrogens is 2. The van der Waals surface area contributed by atoms with E-state index < -0.39 is 6.43 Å². The Kier molecular flexibility index (Phi) is 6.55. The molecule has 1 heterocycles. The van der Waals surface area contributed by atoms with Crippen molar-refractivity contribution in [3.8, 4) is 23.0 Å². The van der Waals surface area contributed by atoms with Gasteiger partial charge in [0.15, 0.2) is 0 Å². The lowest BCUT2D eigenvalue weighted by molar-refractivity contribution is -0.115. The van der Waals surface area contributed by atoms with Crippen molar-refractivity contribution >= 4 is 11.6 Å². The third-order valence-electron chi connectivity index (χ3n) is 4.47. The number of anilines is 1. The highest BCUT2D eigenvalue weighted by Crippen LogP contribution is 2.29. The zero-order valence-electron chi connectivity index (χ0n) is 18.0. The molecule has 31 heavy (non-hydrogen) atoms. The summed E-state index contributed by atoms with van der Waals surface area (Å²) in [5.74, 6) is 5.99. The van der Waals surface area contributed by atoms with E-state index in [1.54, 1.807) is 13.1 Å². The van der Waals surface area contributed by atoms with E-state index >= 15 is 0 Å². The van der Waals surface area contributed by atoms with E-state index in [1.165, 1.54) is 10.9 Å². The largest absolute Gasteiger partial charge is 0.325 e. The first-order valence-corrected chi connectivity index (χ1v) is 9.95. The molecule has 1 N–H and O–H groups in total. The van der Waals surface area contributed by atoms with Gasteiger partial charge in [0.2, 0.25) is 5.91 Å². The average Bonchev–Trinajstić information content (AvgIpc) is 3.07. The quantitative estimate of drug-likeness (QED) is 0.545. The van der Waals surface area contributed by atoms with Gasteiger partial charge in [0.05, 0.1) is 6.42 Å². The van der Waals surface area contributed by atoms with E-state index in [1.807, 2.05) is 42.5 Å². The average molecular weight is 421 g/mol. The van der Waals surface area contributed by atoms with Gasteiger partial charge >= 0.3 is 0 Å². The highest BCUT2D eigenvalue weighted by molar-refractivity contribution is 5.96. The summed E-state index contributed by atoms with van der Waals surface area (Å²) in [5.41, 5.74) is 3.07. The van der Waals surface area contributed by atoms with Crippen molar-refractivity contribution in [2.24, 2.45) is 12.5 Å². The van der Waals surface area contributed by atoms with Crippen LogP contribution in [0, 0.1) is 17.3 Å². The molecular weight excluding hydrogens is 396 g/mol. The minimum absolute atomic E-state index is 0.0754. The Morgan fingerprint density at radius 3 is 2.45 bits per heavy atom. The maximum atomic E-state index is 13.1. The lowest BCUT2D eigenvalue weighted by atomic mass is 9.97. The fourth-order valence-electron chi connectivity index (χ4n) is 3.08. The summed E-state index contributed by atoms with van der Waals surface area (Å²) in [6.45, 7) is 6.18. The Hall–Kier alpha value is -3.46. The van der Waals surface area contributed by atoms with Gasteiger partial charge in [-0.2, -0.15) is 5.10 Å². The third-order valence-corrected chi connectivity index (χ3v) is 4.47. The maximum Gasteiger partial charge on any atom is 0.282 e. The highest BCUT2D eigenvalue weighted by atomic mass is 19.3. The van der Waals surface area contributed by atoms with Crippen LogP contribution in [-0.2, 0) is 18.3 Å². The number of para-hydroxylation sites is 1. The second-order valence-electron chi connectivity index (χ2n) is 8.36. The monoisotopic (exact) mass is 421 g/mol. The van der Waals surface area contributed by atoms with Crippen LogP contribution in [-0.4, -0.2) is 15.7 Å². The third kappa shape index (κ3) is 6.02. The van der Waals surface area contributed by atoms with Crippen molar-refractivity contribution in [2.45, 2.75) is 33.6 Å². The molecule has 2 aromatic carbocycles. The molecule has 0 radical (unpaired) electrons. The van der Waals surface area contributed by atoms with Crippen molar-refractivity contribution in [3.05, 3.63) is 71.5 Å². The second kappa shape index (κ2) is 9.13. The van der Waals surface area contributed by atoms with E-state index in [2.05, 4.69) is 43.0 Å². The second-order valence-corrected chi connectivity index (χ2v) is 8.36. The Labute approximate surface area is 181 Å². The molecule has 3 rings (SSSR count). The molecule has 0 spiro atoms. The summed E-state index contributed by atoms with van der Waals surface area (Å²) in [6.07, 6.45) is -1.45. The predicted octanol–water partition coefficient (Wildman–Crippen LogP) is 5.60. The molecule has 3 aromatic rings. The number of alkyl halides is 2. The highest BCUT2D eigenvalue weighted by Gasteiger charge is 2.20. The number of benzene rings is 2. The van der Waals surface area contributed by atoms with Gasteiger partial charge in [-0.15, -0.1) is 0 Å². The van der Waals surface area contributed by atoms with Crippen molar-refractivity contribution in [1.29, 1.82) is 0 Å². The molecular formula is C25H25F2N3O. The summed E-state index contributed by atoms with van der Waals surface area (Å²) < 4.78 is 27.6. The first-order valence-electron chi connectivity index (χ1n) is 9.95. The number of hydrogen-bond acceptors (Lipinski definition) is 2. The molecule has 0 fully saturated rings. The molecule has 0 aliphatic carbocycles. The van der Waals surface area contributed by atoms with E-state index in [0.29, 0.717) is 5.69 Å². The van der Waals surface area contributed by atoms with Gasteiger partial charge in [-0.05, 0) is 44.5 Å². The van der Waals surface area contributed by atoms with Gasteiger partial charge in [0, 0.05) is 41.0 Å². The van der Waals surface area contributed by atoms with Gasteiger partial charge in [0.1, 0.15) is 5.69 Å². The van der Waals surface area contributed by atoms with Crippen LogP contribution >= 0.6 is 0 Å². The number of carbonyl (C=O) groups excluding carboxylic acids is 1. The smallest absolute Gasteiger partial charge is 0.282 e. The van der Waals surface area contributed by atoms with Crippen molar-refractivity contribution in [1.82, 2.24) is 9.78 Å². The fourth-order valence-corrected chi connectivity index (χ4v) is 3.08. The van der Waals surface area contributed by atoms with E-state index in [0.717, 1.165) is 16.7 Å². The predicted molar refractivity (Wildman–Crippen MR) is 119 cm³/mol. The molecule has 0 bridgehead atoms. The number of carbonyl (C=O) groups is 1. The minimum Gasteiger partial charge on any atom is -0.325 e. The lowest BCUT2D eigenvalue weighted by Gasteiger charge is -2.12. The minimum atomic E-state index is -2.73. The number of hydrogen-bond donors (Lipinski definition) is 1. The molecule has 1 aromatic heterocycles. The van der Waals surface area contributed by atoms with Crippen molar-refractivity contribution in [3.63, 3.8) is 0 Å².